The first-order valence-electron chi connectivity index (χ1n) is 13.4. The fraction of sp³-hybridized carbons (Fsp3) is 0.500. The molecule has 0 saturated carbocycles. The van der Waals surface area contributed by atoms with Crippen LogP contribution >= 0.6 is 0 Å². The number of hydrogen-bond acceptors (Lipinski definition) is 9. The summed E-state index contributed by atoms with van der Waals surface area (Å²) in [7, 11) is 2.16. The molecule has 9 heteroatoms. The highest BCUT2D eigenvalue weighted by molar-refractivity contribution is 5.92. The SMILES string of the molecule is CN1CCC[C@H]1COc1nc2c(c(N3CCN[C@@H](CC#N)C3)n1)CCN(c1nccc3ccccc13)C2. The highest BCUT2D eigenvalue weighted by atomic mass is 16.5. The quantitative estimate of drug-likeness (QED) is 0.551. The van der Waals surface area contributed by atoms with Crippen LogP contribution in [-0.4, -0.2) is 78.3 Å². The van der Waals surface area contributed by atoms with Crippen LogP contribution in [0.1, 0.15) is 30.5 Å². The number of pyridine rings is 1. The Hall–Kier alpha value is -3.48. The highest BCUT2D eigenvalue weighted by Crippen LogP contribution is 2.33. The van der Waals surface area contributed by atoms with Crippen molar-refractivity contribution in [2.45, 2.75) is 44.3 Å². The van der Waals surface area contributed by atoms with Crippen molar-refractivity contribution in [3.63, 3.8) is 0 Å². The lowest BCUT2D eigenvalue weighted by Gasteiger charge is -2.37. The van der Waals surface area contributed by atoms with Crippen molar-refractivity contribution in [1.29, 1.82) is 5.26 Å². The molecular weight excluding hydrogens is 464 g/mol. The predicted molar refractivity (Wildman–Crippen MR) is 144 cm³/mol. The minimum absolute atomic E-state index is 0.140. The number of ether oxygens (including phenoxy) is 1. The summed E-state index contributed by atoms with van der Waals surface area (Å²) in [5, 5.41) is 15.1. The maximum Gasteiger partial charge on any atom is 0.318 e. The van der Waals surface area contributed by atoms with Gasteiger partial charge in [0.1, 0.15) is 18.2 Å². The number of anilines is 2. The number of aromatic nitrogens is 3. The van der Waals surface area contributed by atoms with Crippen molar-refractivity contribution in [3.8, 4) is 12.1 Å². The molecule has 1 N–H and O–H groups in total. The molecule has 192 valence electrons. The van der Waals surface area contributed by atoms with Crippen molar-refractivity contribution in [1.82, 2.24) is 25.2 Å². The number of hydrogen-bond donors (Lipinski definition) is 1. The van der Waals surface area contributed by atoms with E-state index < -0.39 is 0 Å². The van der Waals surface area contributed by atoms with Gasteiger partial charge in [0.05, 0.1) is 24.7 Å². The second-order valence-corrected chi connectivity index (χ2v) is 10.3. The maximum atomic E-state index is 9.25. The van der Waals surface area contributed by atoms with Crippen LogP contribution < -0.4 is 19.9 Å². The van der Waals surface area contributed by atoms with Gasteiger partial charge in [0.25, 0.3) is 0 Å². The summed E-state index contributed by atoms with van der Waals surface area (Å²) in [6.07, 6.45) is 5.56. The van der Waals surface area contributed by atoms with Gasteiger partial charge in [0.2, 0.25) is 0 Å². The second-order valence-electron chi connectivity index (χ2n) is 10.3. The molecule has 1 aromatic carbocycles. The summed E-state index contributed by atoms with van der Waals surface area (Å²) in [6, 6.07) is 13.8. The Balaban J connectivity index is 1.32. The zero-order valence-corrected chi connectivity index (χ0v) is 21.4. The number of fused-ring (bicyclic) bond motifs is 2. The van der Waals surface area contributed by atoms with Crippen LogP contribution in [0.15, 0.2) is 36.5 Å². The number of benzene rings is 1. The Bertz CT molecular complexity index is 1300. The summed E-state index contributed by atoms with van der Waals surface area (Å²) in [5.41, 5.74) is 2.20. The molecule has 9 nitrogen and oxygen atoms in total. The minimum atomic E-state index is 0.140. The van der Waals surface area contributed by atoms with E-state index in [-0.39, 0.29) is 6.04 Å². The summed E-state index contributed by atoms with van der Waals surface area (Å²) in [5.74, 6) is 1.96. The first-order valence-corrected chi connectivity index (χ1v) is 13.4. The largest absolute Gasteiger partial charge is 0.462 e. The third-order valence-electron chi connectivity index (χ3n) is 7.94. The fourth-order valence-corrected chi connectivity index (χ4v) is 5.88. The molecule has 3 aliphatic rings. The molecule has 2 fully saturated rings. The molecule has 0 radical (unpaired) electrons. The van der Waals surface area contributed by atoms with Gasteiger partial charge < -0.3 is 24.8 Å². The van der Waals surface area contributed by atoms with Crippen LogP contribution in [-0.2, 0) is 13.0 Å². The van der Waals surface area contributed by atoms with E-state index >= 15 is 0 Å². The molecule has 0 spiro atoms. The van der Waals surface area contributed by atoms with Gasteiger partial charge in [-0.2, -0.15) is 15.2 Å². The fourth-order valence-electron chi connectivity index (χ4n) is 5.88. The van der Waals surface area contributed by atoms with E-state index in [1.165, 1.54) is 17.4 Å². The van der Waals surface area contributed by atoms with Crippen molar-refractivity contribution < 1.29 is 4.74 Å². The lowest BCUT2D eigenvalue weighted by Crippen LogP contribution is -2.51. The second kappa shape index (κ2) is 10.5. The number of likely N-dealkylation sites (N-methyl/N-ethyl adjacent to an activating group) is 1. The van der Waals surface area contributed by atoms with Gasteiger partial charge in [-0.1, -0.05) is 24.3 Å². The zero-order chi connectivity index (χ0) is 25.2. The molecule has 2 saturated heterocycles. The number of nitriles is 1. The Morgan fingerprint density at radius 2 is 2.03 bits per heavy atom. The lowest BCUT2D eigenvalue weighted by atomic mass is 10.0. The smallest absolute Gasteiger partial charge is 0.318 e. The average molecular weight is 499 g/mol. The van der Waals surface area contributed by atoms with Gasteiger partial charge in [-0.3, -0.25) is 0 Å². The third-order valence-corrected chi connectivity index (χ3v) is 7.94. The number of nitrogens with one attached hydrogen (secondary N) is 1. The third kappa shape index (κ3) is 4.91. The molecule has 0 aliphatic carbocycles. The van der Waals surface area contributed by atoms with Crippen molar-refractivity contribution >= 4 is 22.4 Å². The standard InChI is InChI=1S/C28H34N8O/c1-34-14-4-6-22(34)19-37-28-32-25-18-35(26-23-7-3-2-5-20(23)9-12-31-26)15-10-24(25)27(33-28)36-16-13-30-21(17-36)8-11-29/h2-3,5,7,9,12,21-22,30H,4,6,8,10,13-19H2,1H3/t21-,22-/m0/s1. The molecule has 2 aromatic heterocycles. The molecule has 5 heterocycles. The molecule has 0 amide bonds. The zero-order valence-electron chi connectivity index (χ0n) is 21.4. The van der Waals surface area contributed by atoms with Crippen molar-refractivity contribution in [2.75, 3.05) is 56.2 Å². The van der Waals surface area contributed by atoms with Crippen LogP contribution in [0.5, 0.6) is 6.01 Å². The van der Waals surface area contributed by atoms with Gasteiger partial charge in [0, 0.05) is 55.4 Å². The number of rotatable bonds is 6. The maximum absolute atomic E-state index is 9.25. The van der Waals surface area contributed by atoms with E-state index in [1.54, 1.807) is 0 Å². The van der Waals surface area contributed by atoms with Crippen LogP contribution in [0.2, 0.25) is 0 Å². The molecule has 0 unspecified atom stereocenters. The predicted octanol–water partition coefficient (Wildman–Crippen LogP) is 2.75. The Morgan fingerprint density at radius 1 is 1.11 bits per heavy atom. The van der Waals surface area contributed by atoms with Crippen molar-refractivity contribution in [2.24, 2.45) is 0 Å². The van der Waals surface area contributed by atoms with E-state index in [9.17, 15) is 5.26 Å². The number of likely N-dealkylation sites (tertiary alicyclic amines) is 1. The first-order chi connectivity index (χ1) is 18.2. The number of nitrogens with zero attached hydrogens (tertiary/aromatic N) is 7. The van der Waals surface area contributed by atoms with Gasteiger partial charge >= 0.3 is 6.01 Å². The van der Waals surface area contributed by atoms with Gasteiger partial charge in [-0.05, 0) is 44.3 Å². The lowest BCUT2D eigenvalue weighted by molar-refractivity contribution is 0.187. The molecule has 3 aliphatic heterocycles. The van der Waals surface area contributed by atoms with E-state index in [1.807, 2.05) is 6.20 Å². The highest BCUT2D eigenvalue weighted by Gasteiger charge is 2.30. The van der Waals surface area contributed by atoms with Crippen LogP contribution in [0, 0.1) is 11.3 Å². The summed E-state index contributed by atoms with van der Waals surface area (Å²) in [6.45, 7) is 5.67. The van der Waals surface area contributed by atoms with Gasteiger partial charge in [-0.25, -0.2) is 4.98 Å². The molecule has 3 aromatic rings. The van der Waals surface area contributed by atoms with Gasteiger partial charge in [0.15, 0.2) is 0 Å². The molecule has 37 heavy (non-hydrogen) atoms. The minimum Gasteiger partial charge on any atom is -0.462 e. The molecule has 0 bridgehead atoms. The van der Waals surface area contributed by atoms with Crippen LogP contribution in [0.3, 0.4) is 0 Å². The van der Waals surface area contributed by atoms with Crippen molar-refractivity contribution in [3.05, 3.63) is 47.8 Å². The number of piperazine rings is 1. The monoisotopic (exact) mass is 498 g/mol. The van der Waals surface area contributed by atoms with E-state index in [2.05, 4.69) is 63.5 Å². The molecule has 2 atom stereocenters. The summed E-state index contributed by atoms with van der Waals surface area (Å²) in [4.78, 5) is 21.7. The summed E-state index contributed by atoms with van der Waals surface area (Å²) < 4.78 is 6.25. The topological polar surface area (TPSA) is 93.4 Å². The van der Waals surface area contributed by atoms with E-state index in [0.29, 0.717) is 31.6 Å². The first kappa shape index (κ1) is 23.9. The molecular formula is C28H34N8O. The summed E-state index contributed by atoms with van der Waals surface area (Å²) >= 11 is 0. The van der Waals surface area contributed by atoms with E-state index in [0.717, 1.165) is 68.3 Å². The van der Waals surface area contributed by atoms with E-state index in [4.69, 9.17) is 19.7 Å². The Kier molecular flexibility index (Phi) is 6.77. The normalized spacial score (nSPS) is 22.2. The molecule has 6 rings (SSSR count). The van der Waals surface area contributed by atoms with Gasteiger partial charge in [-0.15, -0.1) is 0 Å². The average Bonchev–Trinajstić information content (AvgIpc) is 3.35. The van der Waals surface area contributed by atoms with Crippen LogP contribution in [0.25, 0.3) is 10.8 Å². The van der Waals surface area contributed by atoms with Crippen LogP contribution in [0.4, 0.5) is 11.6 Å². The Morgan fingerprint density at radius 3 is 2.89 bits per heavy atom. The Labute approximate surface area is 218 Å².